The molecule has 1 fully saturated rings. The molecule has 2 aromatic heterocycles. The molecule has 0 aromatic carbocycles. The zero-order valence-electron chi connectivity index (χ0n) is 16.9. The molecule has 1 saturated heterocycles. The third kappa shape index (κ3) is 3.55. The van der Waals surface area contributed by atoms with Gasteiger partial charge in [0.05, 0.1) is 19.2 Å². The molecule has 2 amide bonds. The number of aromatic nitrogens is 2. The van der Waals surface area contributed by atoms with Gasteiger partial charge in [-0.3, -0.25) is 14.4 Å². The lowest BCUT2D eigenvalue weighted by Crippen LogP contribution is -2.41. The number of methoxy groups -OCH3 is 1. The van der Waals surface area contributed by atoms with Crippen LogP contribution in [0.1, 0.15) is 38.3 Å². The summed E-state index contributed by atoms with van der Waals surface area (Å²) >= 11 is 0. The Morgan fingerprint density at radius 1 is 1.20 bits per heavy atom. The summed E-state index contributed by atoms with van der Waals surface area (Å²) in [4.78, 5) is 45.7. The van der Waals surface area contributed by atoms with E-state index in [1.165, 1.54) is 22.8 Å². The number of carbonyl (C=O) groups excluding carboxylic acids is 2. The normalized spacial score (nSPS) is 18.3. The highest BCUT2D eigenvalue weighted by Crippen LogP contribution is 2.24. The Labute approximate surface area is 172 Å². The number of hydrogen-bond donors (Lipinski definition) is 0. The van der Waals surface area contributed by atoms with Crippen molar-refractivity contribution in [2.75, 3.05) is 26.7 Å². The fraction of sp³-hybridized carbons (Fsp3) is 0.429. The number of nitrogens with zero attached hydrogens (tertiary/aromatic N) is 4. The van der Waals surface area contributed by atoms with Crippen molar-refractivity contribution in [1.82, 2.24) is 19.4 Å². The Kier molecular flexibility index (Phi) is 5.27. The minimum Gasteiger partial charge on any atom is -0.481 e. The van der Waals surface area contributed by atoms with E-state index in [-0.39, 0.29) is 30.1 Å². The second-order valence-corrected chi connectivity index (χ2v) is 7.63. The summed E-state index contributed by atoms with van der Waals surface area (Å²) in [5, 5.41) is 0. The molecule has 0 saturated carbocycles. The van der Waals surface area contributed by atoms with Crippen molar-refractivity contribution in [2.45, 2.75) is 25.6 Å². The van der Waals surface area contributed by atoms with Gasteiger partial charge in [0.2, 0.25) is 5.88 Å². The molecule has 0 radical (unpaired) electrons. The largest absolute Gasteiger partial charge is 0.481 e. The van der Waals surface area contributed by atoms with Gasteiger partial charge in [-0.15, -0.1) is 0 Å². The maximum Gasteiger partial charge on any atom is 0.263 e. The number of fused-ring (bicyclic) bond motifs is 1. The van der Waals surface area contributed by atoms with E-state index in [4.69, 9.17) is 4.74 Å². The van der Waals surface area contributed by atoms with Crippen molar-refractivity contribution in [3.05, 3.63) is 57.1 Å². The van der Waals surface area contributed by atoms with Gasteiger partial charge in [0.25, 0.3) is 17.4 Å². The first-order chi connectivity index (χ1) is 14.4. The van der Waals surface area contributed by atoms with Gasteiger partial charge < -0.3 is 19.1 Å². The van der Waals surface area contributed by atoms with Gasteiger partial charge in [0, 0.05) is 45.1 Å². The topological polar surface area (TPSA) is 84.7 Å². The number of alkyl halides is 1. The molecule has 1 atom stereocenters. The van der Waals surface area contributed by atoms with Crippen molar-refractivity contribution in [2.24, 2.45) is 7.05 Å². The van der Waals surface area contributed by atoms with Crippen molar-refractivity contribution >= 4 is 11.8 Å². The van der Waals surface area contributed by atoms with Crippen LogP contribution in [0.5, 0.6) is 5.88 Å². The predicted octanol–water partition coefficient (Wildman–Crippen LogP) is 1.17. The van der Waals surface area contributed by atoms with Crippen LogP contribution in [0.25, 0.3) is 0 Å². The molecule has 9 heteroatoms. The number of ether oxygens (including phenoxy) is 1. The van der Waals surface area contributed by atoms with Crippen LogP contribution in [-0.2, 0) is 20.0 Å². The van der Waals surface area contributed by atoms with Crippen LogP contribution < -0.4 is 10.3 Å². The molecule has 2 aliphatic rings. The number of likely N-dealkylation sites (tertiary alicyclic amines) is 1. The van der Waals surface area contributed by atoms with Gasteiger partial charge in [-0.1, -0.05) is 0 Å². The molecule has 0 bridgehead atoms. The van der Waals surface area contributed by atoms with Crippen LogP contribution in [0.4, 0.5) is 4.39 Å². The van der Waals surface area contributed by atoms with E-state index in [0.717, 1.165) is 5.56 Å². The average Bonchev–Trinajstić information content (AvgIpc) is 3.20. The van der Waals surface area contributed by atoms with E-state index in [1.807, 2.05) is 0 Å². The number of pyridine rings is 2. The molecule has 4 rings (SSSR count). The fourth-order valence-electron chi connectivity index (χ4n) is 4.05. The number of aryl methyl sites for hydroxylation is 1. The third-order valence-corrected chi connectivity index (χ3v) is 5.68. The van der Waals surface area contributed by atoms with Gasteiger partial charge in [0.1, 0.15) is 11.7 Å². The van der Waals surface area contributed by atoms with Crippen molar-refractivity contribution in [3.8, 4) is 5.88 Å². The average molecular weight is 414 g/mol. The molecular formula is C21H23FN4O4. The molecule has 0 spiro atoms. The standard InChI is InChI=1S/C21H23FN4O4/c1-24-10-14-11-25(19(27)13-3-4-17(30-2)23-9-13)8-6-16(14)18(20(24)28)21(29)26-7-5-15(22)12-26/h3-4,9-10,15H,5-8,11-12H2,1-2H3/t15-/m0/s1. The fourth-order valence-corrected chi connectivity index (χ4v) is 4.05. The lowest BCUT2D eigenvalue weighted by Gasteiger charge is -2.31. The van der Waals surface area contributed by atoms with E-state index in [0.29, 0.717) is 42.9 Å². The molecule has 0 unspecified atom stereocenters. The molecule has 30 heavy (non-hydrogen) atoms. The first-order valence-corrected chi connectivity index (χ1v) is 9.83. The smallest absolute Gasteiger partial charge is 0.263 e. The summed E-state index contributed by atoms with van der Waals surface area (Å²) in [7, 11) is 3.08. The highest BCUT2D eigenvalue weighted by molar-refractivity contribution is 5.97. The first kappa shape index (κ1) is 20.1. The summed E-state index contributed by atoms with van der Waals surface area (Å²) in [5.41, 5.74) is 1.55. The number of carbonyl (C=O) groups is 2. The van der Waals surface area contributed by atoms with Crippen LogP contribution in [0.3, 0.4) is 0 Å². The molecular weight excluding hydrogens is 391 g/mol. The summed E-state index contributed by atoms with van der Waals surface area (Å²) in [6.07, 6.45) is 2.76. The summed E-state index contributed by atoms with van der Waals surface area (Å²) in [6.45, 7) is 0.972. The predicted molar refractivity (Wildman–Crippen MR) is 106 cm³/mol. The summed E-state index contributed by atoms with van der Waals surface area (Å²) in [5.74, 6) is -0.185. The number of rotatable bonds is 3. The SMILES string of the molecule is COc1ccc(C(=O)N2CCc3c(cn(C)c(=O)c3C(=O)N3CC[C@H](F)C3)C2)cn1. The van der Waals surface area contributed by atoms with E-state index < -0.39 is 12.1 Å². The lowest BCUT2D eigenvalue weighted by molar-refractivity contribution is 0.0732. The Morgan fingerprint density at radius 2 is 2.00 bits per heavy atom. The van der Waals surface area contributed by atoms with Crippen LogP contribution >= 0.6 is 0 Å². The number of hydrogen-bond acceptors (Lipinski definition) is 5. The van der Waals surface area contributed by atoms with E-state index in [9.17, 15) is 18.8 Å². The van der Waals surface area contributed by atoms with Gasteiger partial charge >= 0.3 is 0 Å². The number of halogens is 1. The van der Waals surface area contributed by atoms with Crippen LogP contribution in [0, 0.1) is 0 Å². The minimum absolute atomic E-state index is 0.0146. The Bertz CT molecular complexity index is 1050. The van der Waals surface area contributed by atoms with Crippen molar-refractivity contribution in [3.63, 3.8) is 0 Å². The highest BCUT2D eigenvalue weighted by atomic mass is 19.1. The van der Waals surface area contributed by atoms with E-state index in [1.54, 1.807) is 30.3 Å². The lowest BCUT2D eigenvalue weighted by atomic mass is 9.95. The van der Waals surface area contributed by atoms with Crippen LogP contribution in [0.15, 0.2) is 29.3 Å². The van der Waals surface area contributed by atoms with Gasteiger partial charge in [-0.2, -0.15) is 0 Å². The van der Waals surface area contributed by atoms with E-state index in [2.05, 4.69) is 4.98 Å². The summed E-state index contributed by atoms with van der Waals surface area (Å²) < 4.78 is 20.0. The molecule has 158 valence electrons. The minimum atomic E-state index is -1.05. The second-order valence-electron chi connectivity index (χ2n) is 7.63. The van der Waals surface area contributed by atoms with Gasteiger partial charge in [-0.25, -0.2) is 9.37 Å². The Morgan fingerprint density at radius 3 is 2.63 bits per heavy atom. The maximum absolute atomic E-state index is 13.6. The third-order valence-electron chi connectivity index (χ3n) is 5.68. The molecule has 0 N–H and O–H groups in total. The molecule has 2 aromatic rings. The van der Waals surface area contributed by atoms with Crippen LogP contribution in [0.2, 0.25) is 0 Å². The monoisotopic (exact) mass is 414 g/mol. The summed E-state index contributed by atoms with van der Waals surface area (Å²) in [6, 6.07) is 3.28. The van der Waals surface area contributed by atoms with Gasteiger partial charge in [0.15, 0.2) is 0 Å². The van der Waals surface area contributed by atoms with E-state index >= 15 is 0 Å². The van der Waals surface area contributed by atoms with Crippen molar-refractivity contribution in [1.29, 1.82) is 0 Å². The van der Waals surface area contributed by atoms with Crippen molar-refractivity contribution < 1.29 is 18.7 Å². The molecule has 4 heterocycles. The Hall–Kier alpha value is -3.23. The quantitative estimate of drug-likeness (QED) is 0.753. The second kappa shape index (κ2) is 7.89. The number of amides is 2. The zero-order valence-corrected chi connectivity index (χ0v) is 16.9. The zero-order chi connectivity index (χ0) is 21.4. The maximum atomic E-state index is 13.6. The highest BCUT2D eigenvalue weighted by Gasteiger charge is 2.33. The Balaban J connectivity index is 1.62. The van der Waals surface area contributed by atoms with Gasteiger partial charge in [-0.05, 0) is 30.0 Å². The molecule has 2 aliphatic heterocycles. The first-order valence-electron chi connectivity index (χ1n) is 9.83. The molecule has 0 aliphatic carbocycles. The van der Waals surface area contributed by atoms with Crippen LogP contribution in [-0.4, -0.2) is 64.1 Å². The molecule has 8 nitrogen and oxygen atoms in total.